The summed E-state index contributed by atoms with van der Waals surface area (Å²) in [6.07, 6.45) is 5.44. The van der Waals surface area contributed by atoms with Crippen molar-refractivity contribution in [1.29, 1.82) is 0 Å². The predicted octanol–water partition coefficient (Wildman–Crippen LogP) is 2.00. The smallest absolute Gasteiger partial charge is 0.220 e. The van der Waals surface area contributed by atoms with Gasteiger partial charge >= 0.3 is 0 Å². The predicted molar refractivity (Wildman–Crippen MR) is 84.8 cm³/mol. The Balaban J connectivity index is 2.34. The van der Waals surface area contributed by atoms with Gasteiger partial charge in [-0.15, -0.1) is 0 Å². The first-order chi connectivity index (χ1) is 9.49. The van der Waals surface area contributed by atoms with E-state index < -0.39 is 0 Å². The first kappa shape index (κ1) is 17.4. The molecule has 1 atom stereocenters. The van der Waals surface area contributed by atoms with Crippen molar-refractivity contribution in [3.05, 3.63) is 0 Å². The van der Waals surface area contributed by atoms with Gasteiger partial charge in [0.25, 0.3) is 0 Å². The molecule has 0 bridgehead atoms. The molecule has 0 spiro atoms. The number of hydrogen-bond acceptors (Lipinski definition) is 3. The highest BCUT2D eigenvalue weighted by Crippen LogP contribution is 2.25. The number of amides is 1. The number of rotatable bonds is 8. The van der Waals surface area contributed by atoms with Gasteiger partial charge in [-0.1, -0.05) is 13.3 Å². The molecule has 4 heteroatoms. The molecule has 20 heavy (non-hydrogen) atoms. The van der Waals surface area contributed by atoms with Crippen molar-refractivity contribution in [1.82, 2.24) is 15.5 Å². The summed E-state index contributed by atoms with van der Waals surface area (Å²) in [5.41, 5.74) is 0.0620. The zero-order valence-corrected chi connectivity index (χ0v) is 13.8. The molecule has 1 heterocycles. The van der Waals surface area contributed by atoms with Crippen molar-refractivity contribution in [2.24, 2.45) is 5.92 Å². The van der Waals surface area contributed by atoms with Crippen LogP contribution in [-0.4, -0.2) is 49.6 Å². The number of piperidine rings is 1. The molecule has 0 radical (unpaired) electrons. The summed E-state index contributed by atoms with van der Waals surface area (Å²) in [5, 5.41) is 6.17. The molecule has 1 saturated heterocycles. The lowest BCUT2D eigenvalue weighted by Gasteiger charge is -2.43. The van der Waals surface area contributed by atoms with Crippen molar-refractivity contribution in [2.75, 3.05) is 33.2 Å². The van der Waals surface area contributed by atoms with Crippen LogP contribution in [0.3, 0.4) is 0 Å². The molecule has 1 aliphatic rings. The largest absolute Gasteiger partial charge is 0.354 e. The number of nitrogens with one attached hydrogen (secondary N) is 2. The summed E-state index contributed by atoms with van der Waals surface area (Å²) < 4.78 is 0. The van der Waals surface area contributed by atoms with Gasteiger partial charge in [-0.05, 0) is 59.2 Å². The van der Waals surface area contributed by atoms with E-state index in [1.54, 1.807) is 0 Å². The highest BCUT2D eigenvalue weighted by molar-refractivity contribution is 5.75. The third kappa shape index (κ3) is 5.80. The summed E-state index contributed by atoms with van der Waals surface area (Å²) in [7, 11) is 1.92. The molecule has 0 aliphatic carbocycles. The molecule has 118 valence electrons. The highest BCUT2D eigenvalue weighted by Gasteiger charge is 2.30. The fourth-order valence-electron chi connectivity index (χ4n) is 2.89. The minimum atomic E-state index is 0.0620. The molecule has 0 aromatic heterocycles. The summed E-state index contributed by atoms with van der Waals surface area (Å²) in [6.45, 7) is 10.8. The Morgan fingerprint density at radius 3 is 2.80 bits per heavy atom. The Morgan fingerprint density at radius 1 is 1.40 bits per heavy atom. The Morgan fingerprint density at radius 2 is 2.15 bits per heavy atom. The molecule has 1 unspecified atom stereocenters. The Bertz CT molecular complexity index is 291. The van der Waals surface area contributed by atoms with Gasteiger partial charge in [-0.25, -0.2) is 0 Å². The zero-order chi connectivity index (χ0) is 15.0. The third-order valence-corrected chi connectivity index (χ3v) is 4.50. The third-order valence-electron chi connectivity index (χ3n) is 4.50. The Kier molecular flexibility index (Phi) is 7.52. The molecular weight excluding hydrogens is 250 g/mol. The van der Waals surface area contributed by atoms with E-state index in [-0.39, 0.29) is 11.4 Å². The normalized spacial score (nSPS) is 20.9. The van der Waals surface area contributed by atoms with E-state index in [9.17, 15) is 4.79 Å². The maximum absolute atomic E-state index is 11.8. The van der Waals surface area contributed by atoms with Crippen LogP contribution in [0.15, 0.2) is 0 Å². The van der Waals surface area contributed by atoms with E-state index in [2.05, 4.69) is 36.3 Å². The van der Waals surface area contributed by atoms with Crippen molar-refractivity contribution in [3.63, 3.8) is 0 Å². The molecule has 4 nitrogen and oxygen atoms in total. The molecule has 1 aliphatic heterocycles. The standard InChI is InChI=1S/C16H33N3O/c1-5-14-8-7-11-19(12-14)16(2,3)13-18-15(20)9-6-10-17-4/h14,17H,5-13H2,1-4H3,(H,18,20). The minimum Gasteiger partial charge on any atom is -0.354 e. The number of likely N-dealkylation sites (tertiary alicyclic amines) is 1. The summed E-state index contributed by atoms with van der Waals surface area (Å²) in [4.78, 5) is 14.4. The van der Waals surface area contributed by atoms with Gasteiger partial charge < -0.3 is 10.6 Å². The number of nitrogens with zero attached hydrogens (tertiary/aromatic N) is 1. The van der Waals surface area contributed by atoms with E-state index in [4.69, 9.17) is 0 Å². The van der Waals surface area contributed by atoms with Crippen LogP contribution < -0.4 is 10.6 Å². The van der Waals surface area contributed by atoms with Gasteiger partial charge in [0.1, 0.15) is 0 Å². The molecule has 1 amide bonds. The van der Waals surface area contributed by atoms with Crippen LogP contribution in [-0.2, 0) is 4.79 Å². The van der Waals surface area contributed by atoms with Gasteiger partial charge in [0.2, 0.25) is 5.91 Å². The first-order valence-electron chi connectivity index (χ1n) is 8.16. The van der Waals surface area contributed by atoms with Crippen molar-refractivity contribution in [2.45, 2.75) is 58.4 Å². The fraction of sp³-hybridized carbons (Fsp3) is 0.938. The summed E-state index contributed by atoms with van der Waals surface area (Å²) in [6, 6.07) is 0. The molecule has 0 aromatic rings. The van der Waals surface area contributed by atoms with E-state index in [1.807, 2.05) is 7.05 Å². The van der Waals surface area contributed by atoms with Gasteiger partial charge in [0.15, 0.2) is 0 Å². The van der Waals surface area contributed by atoms with Crippen molar-refractivity contribution < 1.29 is 4.79 Å². The maximum Gasteiger partial charge on any atom is 0.220 e. The highest BCUT2D eigenvalue weighted by atomic mass is 16.1. The van der Waals surface area contributed by atoms with Crippen LogP contribution in [0.1, 0.15) is 52.9 Å². The van der Waals surface area contributed by atoms with Crippen molar-refractivity contribution >= 4 is 5.91 Å². The molecule has 2 N–H and O–H groups in total. The van der Waals surface area contributed by atoms with Crippen LogP contribution in [0.25, 0.3) is 0 Å². The number of hydrogen-bond donors (Lipinski definition) is 2. The van der Waals surface area contributed by atoms with Gasteiger partial charge in [0, 0.05) is 25.0 Å². The number of carbonyl (C=O) groups is 1. The average molecular weight is 283 g/mol. The lowest BCUT2D eigenvalue weighted by molar-refractivity contribution is -0.121. The van der Waals surface area contributed by atoms with Crippen LogP contribution >= 0.6 is 0 Å². The maximum atomic E-state index is 11.8. The lowest BCUT2D eigenvalue weighted by atomic mass is 9.91. The molecule has 0 aromatic carbocycles. The SMILES string of the molecule is CCC1CCCN(C(C)(C)CNC(=O)CCCNC)C1. The molecule has 1 fully saturated rings. The second-order valence-electron chi connectivity index (χ2n) is 6.66. The second kappa shape index (κ2) is 8.63. The van der Waals surface area contributed by atoms with Gasteiger partial charge in [0.05, 0.1) is 0 Å². The Labute approximate surface area is 124 Å². The average Bonchev–Trinajstić information content (AvgIpc) is 2.45. The quantitative estimate of drug-likeness (QED) is 0.670. The molecule has 0 saturated carbocycles. The van der Waals surface area contributed by atoms with E-state index in [0.29, 0.717) is 6.42 Å². The molecular formula is C16H33N3O. The van der Waals surface area contributed by atoms with Gasteiger partial charge in [-0.2, -0.15) is 0 Å². The second-order valence-corrected chi connectivity index (χ2v) is 6.66. The summed E-state index contributed by atoms with van der Waals surface area (Å²) in [5.74, 6) is 1.01. The van der Waals surface area contributed by atoms with Crippen LogP contribution in [0, 0.1) is 5.92 Å². The van der Waals surface area contributed by atoms with Crippen molar-refractivity contribution in [3.8, 4) is 0 Å². The Hall–Kier alpha value is -0.610. The fourth-order valence-corrected chi connectivity index (χ4v) is 2.89. The van der Waals surface area contributed by atoms with E-state index >= 15 is 0 Å². The minimum absolute atomic E-state index is 0.0620. The van der Waals surface area contributed by atoms with Gasteiger partial charge in [-0.3, -0.25) is 9.69 Å². The van der Waals surface area contributed by atoms with Crippen LogP contribution in [0.5, 0.6) is 0 Å². The lowest BCUT2D eigenvalue weighted by Crippen LogP contribution is -2.54. The zero-order valence-electron chi connectivity index (χ0n) is 13.8. The molecule has 1 rings (SSSR count). The van der Waals surface area contributed by atoms with E-state index in [1.165, 1.54) is 32.4 Å². The number of carbonyl (C=O) groups excluding carboxylic acids is 1. The van der Waals surface area contributed by atoms with E-state index in [0.717, 1.165) is 25.4 Å². The first-order valence-corrected chi connectivity index (χ1v) is 8.16. The monoisotopic (exact) mass is 283 g/mol. The topological polar surface area (TPSA) is 44.4 Å². The van der Waals surface area contributed by atoms with Crippen LogP contribution in [0.2, 0.25) is 0 Å². The summed E-state index contributed by atoms with van der Waals surface area (Å²) >= 11 is 0. The van der Waals surface area contributed by atoms with Crippen LogP contribution in [0.4, 0.5) is 0 Å².